The molecule has 0 aliphatic carbocycles. The Morgan fingerprint density at radius 1 is 1.05 bits per heavy atom. The number of nitriles is 1. The molecule has 2 aromatic rings. The fourth-order valence-electron chi connectivity index (χ4n) is 2.33. The number of hydrogen-bond acceptors (Lipinski definition) is 2. The first-order valence-corrected chi connectivity index (χ1v) is 6.75. The molecule has 3 heteroatoms. The van der Waals surface area contributed by atoms with Gasteiger partial charge >= 0.3 is 0 Å². The summed E-state index contributed by atoms with van der Waals surface area (Å²) in [5.41, 5.74) is 2.31. The van der Waals surface area contributed by atoms with Gasteiger partial charge in [0.1, 0.15) is 5.60 Å². The zero-order chi connectivity index (χ0) is 14.6. The molecule has 0 heterocycles. The average molecular weight is 286 g/mol. The van der Waals surface area contributed by atoms with Crippen LogP contribution in [0.4, 0.5) is 0 Å². The molecule has 0 aliphatic heterocycles. The first-order chi connectivity index (χ1) is 9.62. The molecule has 0 radical (unpaired) electrons. The molecule has 0 saturated carbocycles. The van der Waals surface area contributed by atoms with Crippen LogP contribution in [0.3, 0.4) is 0 Å². The van der Waals surface area contributed by atoms with E-state index in [4.69, 9.17) is 16.3 Å². The summed E-state index contributed by atoms with van der Waals surface area (Å²) in [6.45, 7) is 2.03. The Morgan fingerprint density at radius 2 is 1.55 bits per heavy atom. The third-order valence-electron chi connectivity index (χ3n) is 3.50. The predicted octanol–water partition coefficient (Wildman–Crippen LogP) is 4.45. The molecule has 102 valence electrons. The Hall–Kier alpha value is -1.82. The van der Waals surface area contributed by atoms with Gasteiger partial charge in [0.15, 0.2) is 0 Å². The third kappa shape index (κ3) is 2.70. The molecule has 0 spiro atoms. The minimum atomic E-state index is -0.757. The summed E-state index contributed by atoms with van der Waals surface area (Å²) in [5, 5.41) is 9.88. The van der Waals surface area contributed by atoms with Crippen LogP contribution in [-0.4, -0.2) is 7.11 Å². The van der Waals surface area contributed by atoms with Crippen LogP contribution in [0.2, 0.25) is 5.02 Å². The molecule has 20 heavy (non-hydrogen) atoms. The Bertz CT molecular complexity index is 565. The lowest BCUT2D eigenvalue weighted by Gasteiger charge is -2.31. The number of halogens is 1. The zero-order valence-corrected chi connectivity index (χ0v) is 12.3. The number of hydrogen-bond donors (Lipinski definition) is 0. The van der Waals surface area contributed by atoms with Gasteiger partial charge in [-0.05, 0) is 30.2 Å². The van der Waals surface area contributed by atoms with Gasteiger partial charge in [-0.3, -0.25) is 0 Å². The van der Waals surface area contributed by atoms with Crippen molar-refractivity contribution < 1.29 is 4.74 Å². The molecule has 0 saturated heterocycles. The first-order valence-electron chi connectivity index (χ1n) is 6.37. The smallest absolute Gasteiger partial charge is 0.131 e. The molecule has 0 N–H and O–H groups in total. The largest absolute Gasteiger partial charge is 0.368 e. The van der Waals surface area contributed by atoms with Crippen LogP contribution >= 0.6 is 11.6 Å². The van der Waals surface area contributed by atoms with E-state index in [0.29, 0.717) is 5.02 Å². The van der Waals surface area contributed by atoms with Gasteiger partial charge < -0.3 is 4.74 Å². The predicted molar refractivity (Wildman–Crippen MR) is 80.7 cm³/mol. The van der Waals surface area contributed by atoms with Gasteiger partial charge in [-0.1, -0.05) is 53.6 Å². The maximum atomic E-state index is 9.21. The number of rotatable bonds is 4. The normalized spacial score (nSPS) is 13.5. The molecule has 1 unspecified atom stereocenters. The minimum Gasteiger partial charge on any atom is -0.368 e. The van der Waals surface area contributed by atoms with E-state index in [9.17, 15) is 5.26 Å². The van der Waals surface area contributed by atoms with Gasteiger partial charge in [-0.15, -0.1) is 0 Å². The SMILES string of the molecule is COC(CC#N)(c1ccc(C)cc1)c1ccc(Cl)cc1. The Labute approximate surface area is 124 Å². The quantitative estimate of drug-likeness (QED) is 0.831. The minimum absolute atomic E-state index is 0.244. The summed E-state index contributed by atoms with van der Waals surface area (Å²) in [6, 6.07) is 17.7. The van der Waals surface area contributed by atoms with E-state index in [-0.39, 0.29) is 6.42 Å². The lowest BCUT2D eigenvalue weighted by Crippen LogP contribution is -2.29. The highest BCUT2D eigenvalue weighted by Gasteiger charge is 2.34. The molecule has 1 atom stereocenters. The fraction of sp³-hybridized carbons (Fsp3) is 0.235. The number of aryl methyl sites for hydroxylation is 1. The van der Waals surface area contributed by atoms with E-state index < -0.39 is 5.60 Å². The van der Waals surface area contributed by atoms with E-state index in [1.54, 1.807) is 7.11 Å². The van der Waals surface area contributed by atoms with Crippen molar-refractivity contribution >= 4 is 11.6 Å². The summed E-state index contributed by atoms with van der Waals surface area (Å²) in [7, 11) is 1.63. The van der Waals surface area contributed by atoms with Crippen LogP contribution in [0.1, 0.15) is 23.1 Å². The fourth-order valence-corrected chi connectivity index (χ4v) is 2.46. The van der Waals surface area contributed by atoms with Gasteiger partial charge in [0.2, 0.25) is 0 Å². The van der Waals surface area contributed by atoms with Crippen molar-refractivity contribution in [2.45, 2.75) is 18.9 Å². The topological polar surface area (TPSA) is 33.0 Å². The van der Waals surface area contributed by atoms with E-state index in [2.05, 4.69) is 6.07 Å². The van der Waals surface area contributed by atoms with Crippen LogP contribution in [0.25, 0.3) is 0 Å². The van der Waals surface area contributed by atoms with Crippen LogP contribution < -0.4 is 0 Å². The lowest BCUT2D eigenvalue weighted by molar-refractivity contribution is 0.0261. The number of benzene rings is 2. The van der Waals surface area contributed by atoms with E-state index in [1.807, 2.05) is 55.5 Å². The highest BCUT2D eigenvalue weighted by molar-refractivity contribution is 6.30. The molecule has 2 aromatic carbocycles. The molecule has 0 aromatic heterocycles. The molecule has 0 fully saturated rings. The van der Waals surface area contributed by atoms with Crippen molar-refractivity contribution in [3.8, 4) is 6.07 Å². The average Bonchev–Trinajstić information content (AvgIpc) is 2.47. The molecule has 0 amide bonds. The van der Waals surface area contributed by atoms with E-state index in [0.717, 1.165) is 11.1 Å². The monoisotopic (exact) mass is 285 g/mol. The Morgan fingerprint density at radius 3 is 2.00 bits per heavy atom. The van der Waals surface area contributed by atoms with Crippen LogP contribution in [-0.2, 0) is 10.3 Å². The standard InChI is InChI=1S/C17H16ClNO/c1-13-3-5-14(6-4-13)17(20-2,11-12-19)15-7-9-16(18)10-8-15/h3-10H,11H2,1-2H3. The second-order valence-electron chi connectivity index (χ2n) is 4.74. The van der Waals surface area contributed by atoms with Gasteiger partial charge in [0.05, 0.1) is 12.5 Å². The Kier molecular flexibility index (Phi) is 4.44. The maximum absolute atomic E-state index is 9.21. The van der Waals surface area contributed by atoms with Crippen LogP contribution in [0, 0.1) is 18.3 Å². The highest BCUT2D eigenvalue weighted by Crippen LogP contribution is 2.36. The van der Waals surface area contributed by atoms with Gasteiger partial charge in [0, 0.05) is 12.1 Å². The van der Waals surface area contributed by atoms with Crippen molar-refractivity contribution in [1.82, 2.24) is 0 Å². The number of nitrogens with zero attached hydrogens (tertiary/aromatic N) is 1. The molecular weight excluding hydrogens is 270 g/mol. The summed E-state index contributed by atoms with van der Waals surface area (Å²) in [6.07, 6.45) is 0.244. The zero-order valence-electron chi connectivity index (χ0n) is 11.6. The van der Waals surface area contributed by atoms with Crippen LogP contribution in [0.5, 0.6) is 0 Å². The number of ether oxygens (including phenoxy) is 1. The molecule has 0 bridgehead atoms. The van der Waals surface area contributed by atoms with Crippen LogP contribution in [0.15, 0.2) is 48.5 Å². The summed E-state index contributed by atoms with van der Waals surface area (Å²) < 4.78 is 5.76. The summed E-state index contributed by atoms with van der Waals surface area (Å²) >= 11 is 5.94. The van der Waals surface area contributed by atoms with Crippen molar-refractivity contribution in [2.75, 3.05) is 7.11 Å². The van der Waals surface area contributed by atoms with Crippen molar-refractivity contribution in [3.05, 3.63) is 70.2 Å². The molecule has 2 nitrogen and oxygen atoms in total. The van der Waals surface area contributed by atoms with Gasteiger partial charge in [-0.2, -0.15) is 5.26 Å². The van der Waals surface area contributed by atoms with Crippen molar-refractivity contribution in [1.29, 1.82) is 5.26 Å². The first kappa shape index (κ1) is 14.6. The molecular formula is C17H16ClNO. The third-order valence-corrected chi connectivity index (χ3v) is 3.76. The van der Waals surface area contributed by atoms with Crippen molar-refractivity contribution in [2.24, 2.45) is 0 Å². The number of methoxy groups -OCH3 is 1. The van der Waals surface area contributed by atoms with Crippen molar-refractivity contribution in [3.63, 3.8) is 0 Å². The Balaban J connectivity index is 2.58. The van der Waals surface area contributed by atoms with E-state index >= 15 is 0 Å². The van der Waals surface area contributed by atoms with Gasteiger partial charge in [-0.25, -0.2) is 0 Å². The summed E-state index contributed by atoms with van der Waals surface area (Å²) in [5.74, 6) is 0. The highest BCUT2D eigenvalue weighted by atomic mass is 35.5. The second kappa shape index (κ2) is 6.09. The van der Waals surface area contributed by atoms with E-state index in [1.165, 1.54) is 5.56 Å². The summed E-state index contributed by atoms with van der Waals surface area (Å²) in [4.78, 5) is 0. The molecule has 2 rings (SSSR count). The lowest BCUT2D eigenvalue weighted by atomic mass is 9.83. The molecule has 0 aliphatic rings. The maximum Gasteiger partial charge on any atom is 0.131 e. The second-order valence-corrected chi connectivity index (χ2v) is 5.18. The van der Waals surface area contributed by atoms with Gasteiger partial charge in [0.25, 0.3) is 0 Å².